The first-order valence-electron chi connectivity index (χ1n) is 8.00. The van der Waals surface area contributed by atoms with Crippen LogP contribution < -0.4 is 0 Å². The molecular weight excluding hydrogens is 270 g/mol. The molecule has 5 heteroatoms. The van der Waals surface area contributed by atoms with E-state index in [2.05, 4.69) is 0 Å². The summed E-state index contributed by atoms with van der Waals surface area (Å²) in [6, 6.07) is -0.729. The normalized spacial score (nSPS) is 26.5. The summed E-state index contributed by atoms with van der Waals surface area (Å²) in [6.45, 7) is 5.88. The molecule has 0 bridgehead atoms. The Labute approximate surface area is 126 Å². The van der Waals surface area contributed by atoms with Gasteiger partial charge in [0.2, 0.25) is 0 Å². The van der Waals surface area contributed by atoms with Gasteiger partial charge in [-0.1, -0.05) is 19.3 Å². The highest BCUT2D eigenvalue weighted by atomic mass is 16.6. The summed E-state index contributed by atoms with van der Waals surface area (Å²) in [5.74, 6) is -0.0536. The van der Waals surface area contributed by atoms with Crippen LogP contribution in [0.3, 0.4) is 0 Å². The summed E-state index contributed by atoms with van der Waals surface area (Å²) < 4.78 is 5.37. The molecule has 1 heterocycles. The Bertz CT molecular complexity index is 398. The number of hydrogen-bond donors (Lipinski definition) is 1. The van der Waals surface area contributed by atoms with Gasteiger partial charge in [-0.3, -0.25) is 4.90 Å². The van der Waals surface area contributed by atoms with E-state index in [9.17, 15) is 14.7 Å². The molecule has 1 saturated heterocycles. The SMILES string of the molecule is CC(C)(C)OC(=O)N1CCC[C@H](CCC2CC2)[C@@H]1C(=O)O. The molecule has 120 valence electrons. The maximum absolute atomic E-state index is 12.3. The second kappa shape index (κ2) is 6.24. The van der Waals surface area contributed by atoms with Gasteiger partial charge in [-0.15, -0.1) is 0 Å². The van der Waals surface area contributed by atoms with E-state index >= 15 is 0 Å². The van der Waals surface area contributed by atoms with Crippen LogP contribution in [-0.4, -0.2) is 40.3 Å². The first kappa shape index (κ1) is 16.1. The highest BCUT2D eigenvalue weighted by Crippen LogP contribution is 2.37. The lowest BCUT2D eigenvalue weighted by molar-refractivity contribution is -0.147. The van der Waals surface area contributed by atoms with Gasteiger partial charge in [-0.2, -0.15) is 0 Å². The minimum Gasteiger partial charge on any atom is -0.480 e. The predicted octanol–water partition coefficient (Wildman–Crippen LogP) is 3.28. The van der Waals surface area contributed by atoms with Crippen molar-refractivity contribution in [2.75, 3.05) is 6.54 Å². The molecule has 1 aliphatic heterocycles. The number of carbonyl (C=O) groups is 2. The number of aliphatic carboxylic acids is 1. The van der Waals surface area contributed by atoms with Crippen LogP contribution in [0.2, 0.25) is 0 Å². The van der Waals surface area contributed by atoms with Gasteiger partial charge in [0.1, 0.15) is 11.6 Å². The van der Waals surface area contributed by atoms with E-state index in [1.54, 1.807) is 20.8 Å². The van der Waals surface area contributed by atoms with Crippen LogP contribution >= 0.6 is 0 Å². The Kier molecular flexibility index (Phi) is 4.79. The minimum atomic E-state index is -0.902. The third-order valence-electron chi connectivity index (χ3n) is 4.28. The summed E-state index contributed by atoms with van der Waals surface area (Å²) in [5.41, 5.74) is -0.596. The lowest BCUT2D eigenvalue weighted by Crippen LogP contribution is -2.53. The number of nitrogens with zero attached hydrogens (tertiary/aromatic N) is 1. The number of piperidine rings is 1. The highest BCUT2D eigenvalue weighted by molar-refractivity contribution is 5.80. The molecule has 2 rings (SSSR count). The number of amides is 1. The molecule has 1 aliphatic carbocycles. The van der Waals surface area contributed by atoms with Crippen molar-refractivity contribution in [3.05, 3.63) is 0 Å². The number of likely N-dealkylation sites (tertiary alicyclic amines) is 1. The zero-order valence-corrected chi connectivity index (χ0v) is 13.3. The van der Waals surface area contributed by atoms with Crippen LogP contribution in [0.4, 0.5) is 4.79 Å². The third kappa shape index (κ3) is 4.61. The smallest absolute Gasteiger partial charge is 0.411 e. The quantitative estimate of drug-likeness (QED) is 0.864. The molecule has 0 aromatic carbocycles. The van der Waals surface area contributed by atoms with Crippen LogP contribution in [0.5, 0.6) is 0 Å². The van der Waals surface area contributed by atoms with Crippen molar-refractivity contribution >= 4 is 12.1 Å². The van der Waals surface area contributed by atoms with E-state index < -0.39 is 23.7 Å². The van der Waals surface area contributed by atoms with Gasteiger partial charge in [-0.25, -0.2) is 9.59 Å². The number of ether oxygens (including phenoxy) is 1. The summed E-state index contributed by atoms with van der Waals surface area (Å²) in [7, 11) is 0. The van der Waals surface area contributed by atoms with Crippen molar-refractivity contribution < 1.29 is 19.4 Å². The van der Waals surface area contributed by atoms with E-state index in [1.807, 2.05) is 0 Å². The van der Waals surface area contributed by atoms with Crippen LogP contribution in [-0.2, 0) is 9.53 Å². The van der Waals surface area contributed by atoms with Gasteiger partial charge < -0.3 is 9.84 Å². The van der Waals surface area contributed by atoms with E-state index in [-0.39, 0.29) is 5.92 Å². The van der Waals surface area contributed by atoms with Crippen LogP contribution in [0.15, 0.2) is 0 Å². The fraction of sp³-hybridized carbons (Fsp3) is 0.875. The number of carboxylic acid groups (broad SMARTS) is 1. The zero-order chi connectivity index (χ0) is 15.6. The third-order valence-corrected chi connectivity index (χ3v) is 4.28. The molecule has 2 fully saturated rings. The fourth-order valence-electron chi connectivity index (χ4n) is 3.09. The lowest BCUT2D eigenvalue weighted by atomic mass is 9.85. The first-order valence-corrected chi connectivity index (χ1v) is 8.00. The second-order valence-corrected chi connectivity index (χ2v) is 7.38. The number of rotatable bonds is 4. The molecule has 21 heavy (non-hydrogen) atoms. The fourth-order valence-corrected chi connectivity index (χ4v) is 3.09. The van der Waals surface area contributed by atoms with Gasteiger partial charge in [0.25, 0.3) is 0 Å². The first-order chi connectivity index (χ1) is 9.78. The summed E-state index contributed by atoms with van der Waals surface area (Å²) >= 11 is 0. The number of carboxylic acids is 1. The van der Waals surface area contributed by atoms with Crippen molar-refractivity contribution in [2.45, 2.75) is 70.9 Å². The molecule has 0 unspecified atom stereocenters. The highest BCUT2D eigenvalue weighted by Gasteiger charge is 2.41. The summed E-state index contributed by atoms with van der Waals surface area (Å²) in [6.07, 6.45) is 5.81. The van der Waals surface area contributed by atoms with Crippen molar-refractivity contribution in [1.82, 2.24) is 4.90 Å². The molecule has 0 aromatic rings. The Morgan fingerprint density at radius 1 is 1.19 bits per heavy atom. The Morgan fingerprint density at radius 3 is 2.38 bits per heavy atom. The molecule has 1 amide bonds. The minimum absolute atomic E-state index is 0.0596. The number of hydrogen-bond acceptors (Lipinski definition) is 3. The van der Waals surface area contributed by atoms with Crippen LogP contribution in [0.1, 0.15) is 59.3 Å². The topological polar surface area (TPSA) is 66.8 Å². The molecule has 1 saturated carbocycles. The van der Waals surface area contributed by atoms with Crippen molar-refractivity contribution in [1.29, 1.82) is 0 Å². The average molecular weight is 297 g/mol. The summed E-state index contributed by atoms with van der Waals surface area (Å²) in [5, 5.41) is 9.56. The van der Waals surface area contributed by atoms with E-state index in [0.29, 0.717) is 6.54 Å². The van der Waals surface area contributed by atoms with Gasteiger partial charge in [0, 0.05) is 6.54 Å². The van der Waals surface area contributed by atoms with Crippen LogP contribution in [0.25, 0.3) is 0 Å². The Morgan fingerprint density at radius 2 is 1.86 bits per heavy atom. The number of carbonyl (C=O) groups excluding carboxylic acids is 1. The monoisotopic (exact) mass is 297 g/mol. The molecular formula is C16H27NO4. The van der Waals surface area contributed by atoms with Gasteiger partial charge >= 0.3 is 12.1 Å². The molecule has 0 aromatic heterocycles. The Hall–Kier alpha value is -1.26. The Balaban J connectivity index is 2.03. The van der Waals surface area contributed by atoms with Crippen LogP contribution in [0, 0.1) is 11.8 Å². The van der Waals surface area contributed by atoms with E-state index in [0.717, 1.165) is 31.6 Å². The average Bonchev–Trinajstić information content (AvgIpc) is 3.17. The zero-order valence-electron chi connectivity index (χ0n) is 13.3. The lowest BCUT2D eigenvalue weighted by Gasteiger charge is -2.39. The van der Waals surface area contributed by atoms with Crippen molar-refractivity contribution in [3.63, 3.8) is 0 Å². The molecule has 0 spiro atoms. The molecule has 5 nitrogen and oxygen atoms in total. The van der Waals surface area contributed by atoms with Gasteiger partial charge in [-0.05, 0) is 51.9 Å². The van der Waals surface area contributed by atoms with Gasteiger partial charge in [0.05, 0.1) is 0 Å². The molecule has 2 aliphatic rings. The van der Waals surface area contributed by atoms with Crippen molar-refractivity contribution in [2.24, 2.45) is 11.8 Å². The summed E-state index contributed by atoms with van der Waals surface area (Å²) in [4.78, 5) is 25.3. The van der Waals surface area contributed by atoms with Crippen molar-refractivity contribution in [3.8, 4) is 0 Å². The molecule has 2 atom stereocenters. The predicted molar refractivity (Wildman–Crippen MR) is 79.0 cm³/mol. The van der Waals surface area contributed by atoms with E-state index in [4.69, 9.17) is 4.74 Å². The van der Waals surface area contributed by atoms with E-state index in [1.165, 1.54) is 17.7 Å². The maximum Gasteiger partial charge on any atom is 0.411 e. The largest absolute Gasteiger partial charge is 0.480 e. The molecule has 1 N–H and O–H groups in total. The second-order valence-electron chi connectivity index (χ2n) is 7.38. The molecule has 0 radical (unpaired) electrons. The van der Waals surface area contributed by atoms with Gasteiger partial charge in [0.15, 0.2) is 0 Å². The standard InChI is InChI=1S/C16H27NO4/c1-16(2,3)21-15(20)17-10-4-5-12(13(17)14(18)19)9-8-11-6-7-11/h11-13H,4-10H2,1-3H3,(H,18,19)/t12-,13-/m1/s1. The maximum atomic E-state index is 12.3.